The van der Waals surface area contributed by atoms with E-state index in [0.717, 1.165) is 0 Å². The monoisotopic (exact) mass is 526 g/mol. The van der Waals surface area contributed by atoms with Gasteiger partial charge in [0.1, 0.15) is 17.6 Å². The number of rotatable bonds is 7. The normalized spacial score (nSPS) is 32.8. The van der Waals surface area contributed by atoms with Crippen LogP contribution in [0.4, 0.5) is 5.69 Å². The first-order valence-corrected chi connectivity index (χ1v) is 13.0. The number of fused-ring (bicyclic) bond motifs is 1. The minimum atomic E-state index is -1.27. The zero-order valence-corrected chi connectivity index (χ0v) is 21.8. The van der Waals surface area contributed by atoms with Crippen molar-refractivity contribution in [1.29, 1.82) is 0 Å². The van der Waals surface area contributed by atoms with Crippen LogP contribution in [-0.2, 0) is 23.9 Å². The predicted octanol–water partition coefficient (Wildman–Crippen LogP) is 3.59. The molecule has 3 aliphatic rings. The van der Waals surface area contributed by atoms with E-state index in [1.54, 1.807) is 43.3 Å². The van der Waals surface area contributed by atoms with Gasteiger partial charge in [0.05, 0.1) is 41.5 Å². The minimum absolute atomic E-state index is 0.120. The van der Waals surface area contributed by atoms with Crippen LogP contribution in [0.25, 0.3) is 0 Å². The first kappa shape index (κ1) is 25.7. The molecule has 2 aromatic rings. The molecule has 2 bridgehead atoms. The average Bonchev–Trinajstić information content (AvgIpc) is 3.39. The fourth-order valence-electron chi connectivity index (χ4n) is 6.70. The van der Waals surface area contributed by atoms with Crippen LogP contribution in [-0.4, -0.2) is 58.2 Å². The van der Waals surface area contributed by atoms with Crippen molar-refractivity contribution in [2.45, 2.75) is 50.5 Å². The number of carbonyl (C=O) groups excluding carboxylic acids is 3. The third-order valence-corrected chi connectivity index (χ3v) is 8.70. The highest BCUT2D eigenvalue weighted by Gasteiger charge is 2.80. The minimum Gasteiger partial charge on any atom is -0.466 e. The fourth-order valence-corrected chi connectivity index (χ4v) is 6.88. The summed E-state index contributed by atoms with van der Waals surface area (Å²) >= 11 is 6.33. The van der Waals surface area contributed by atoms with E-state index in [0.29, 0.717) is 22.7 Å². The van der Waals surface area contributed by atoms with Gasteiger partial charge in [-0.2, -0.15) is 0 Å². The molecule has 2 aromatic carbocycles. The van der Waals surface area contributed by atoms with Gasteiger partial charge in [-0.1, -0.05) is 61.0 Å². The standard InChI is InChI=1S/C28H31ClN2O6/c1-4-36-26(35)22-21-25(34)31(20(15-32)17-10-6-5-7-11-17)23(28(21)14-16(2)27(22,3)37-28)24(33)30-19-13-9-8-12-18(19)29/h5-13,16,20-23,32H,4,14-15H2,1-3H3,(H,30,33)/t16?,20-,21+,22-,23?,27+,28?/m1/s1. The van der Waals surface area contributed by atoms with Crippen molar-refractivity contribution in [1.82, 2.24) is 4.90 Å². The number of likely N-dealkylation sites (tertiary alicyclic amines) is 1. The quantitative estimate of drug-likeness (QED) is 0.534. The van der Waals surface area contributed by atoms with Crippen LogP contribution in [0, 0.1) is 17.8 Å². The first-order chi connectivity index (χ1) is 17.7. The Labute approximate surface area is 220 Å². The Morgan fingerprint density at radius 2 is 1.89 bits per heavy atom. The summed E-state index contributed by atoms with van der Waals surface area (Å²) in [6, 6.07) is 14.0. The van der Waals surface area contributed by atoms with Gasteiger partial charge >= 0.3 is 5.97 Å². The number of esters is 1. The number of aliphatic hydroxyl groups excluding tert-OH is 1. The molecule has 3 fully saturated rings. The topological polar surface area (TPSA) is 105 Å². The number of nitrogens with one attached hydrogen (secondary N) is 1. The van der Waals surface area contributed by atoms with E-state index in [1.807, 2.05) is 32.0 Å². The molecule has 5 rings (SSSR count). The second kappa shape index (κ2) is 9.42. The van der Waals surface area contributed by atoms with Gasteiger partial charge in [-0.15, -0.1) is 0 Å². The average molecular weight is 527 g/mol. The third-order valence-electron chi connectivity index (χ3n) is 8.37. The maximum atomic E-state index is 14.3. The second-order valence-corrected chi connectivity index (χ2v) is 10.7. The van der Waals surface area contributed by atoms with Crippen molar-refractivity contribution in [3.8, 4) is 0 Å². The lowest BCUT2D eigenvalue weighted by Gasteiger charge is -2.37. The number of ether oxygens (including phenoxy) is 2. The van der Waals surface area contributed by atoms with Gasteiger partial charge < -0.3 is 24.8 Å². The number of carbonyl (C=O) groups is 3. The number of aliphatic hydroxyl groups is 1. The summed E-state index contributed by atoms with van der Waals surface area (Å²) in [4.78, 5) is 43.0. The Morgan fingerprint density at radius 3 is 2.54 bits per heavy atom. The lowest BCUT2D eigenvalue weighted by atomic mass is 9.62. The molecule has 3 unspecified atom stereocenters. The summed E-state index contributed by atoms with van der Waals surface area (Å²) in [5.74, 6) is -3.32. The van der Waals surface area contributed by atoms with Crippen molar-refractivity contribution in [3.63, 3.8) is 0 Å². The van der Waals surface area contributed by atoms with E-state index in [-0.39, 0.29) is 12.5 Å². The van der Waals surface area contributed by atoms with E-state index in [4.69, 9.17) is 21.1 Å². The molecule has 196 valence electrons. The molecular formula is C28H31ClN2O6. The highest BCUT2D eigenvalue weighted by atomic mass is 35.5. The maximum Gasteiger partial charge on any atom is 0.312 e. The van der Waals surface area contributed by atoms with Crippen LogP contribution >= 0.6 is 11.6 Å². The number of amides is 2. The van der Waals surface area contributed by atoms with Crippen LogP contribution in [0.5, 0.6) is 0 Å². The fraction of sp³-hybridized carbons (Fsp3) is 0.464. The number of nitrogens with zero attached hydrogens (tertiary/aromatic N) is 1. The molecule has 0 aliphatic carbocycles. The third kappa shape index (κ3) is 3.76. The molecule has 9 heteroatoms. The van der Waals surface area contributed by atoms with Gasteiger partial charge in [0, 0.05) is 0 Å². The number of hydrogen-bond acceptors (Lipinski definition) is 6. The summed E-state index contributed by atoms with van der Waals surface area (Å²) in [6.07, 6.45) is 0.403. The van der Waals surface area contributed by atoms with Crippen molar-refractivity contribution in [2.75, 3.05) is 18.5 Å². The van der Waals surface area contributed by atoms with Gasteiger partial charge in [-0.25, -0.2) is 0 Å². The lowest BCUT2D eigenvalue weighted by molar-refractivity contribution is -0.162. The second-order valence-electron chi connectivity index (χ2n) is 10.3. The van der Waals surface area contributed by atoms with Crippen molar-refractivity contribution >= 4 is 35.1 Å². The van der Waals surface area contributed by atoms with Crippen molar-refractivity contribution in [2.24, 2.45) is 17.8 Å². The van der Waals surface area contributed by atoms with Crippen LogP contribution in [0.15, 0.2) is 54.6 Å². The molecule has 8 nitrogen and oxygen atoms in total. The molecule has 7 atom stereocenters. The van der Waals surface area contributed by atoms with Gasteiger partial charge in [-0.05, 0) is 43.9 Å². The van der Waals surface area contributed by atoms with Crippen LogP contribution in [0.1, 0.15) is 38.8 Å². The largest absolute Gasteiger partial charge is 0.466 e. The van der Waals surface area contributed by atoms with Gasteiger partial charge in [-0.3, -0.25) is 14.4 Å². The van der Waals surface area contributed by atoms with Gasteiger partial charge in [0.25, 0.3) is 0 Å². The molecule has 3 heterocycles. The molecule has 2 amide bonds. The molecule has 0 saturated carbocycles. The lowest BCUT2D eigenvalue weighted by Crippen LogP contribution is -2.54. The maximum absolute atomic E-state index is 14.3. The summed E-state index contributed by atoms with van der Waals surface area (Å²) in [6.45, 7) is 5.26. The van der Waals surface area contributed by atoms with E-state index < -0.39 is 59.5 Å². The SMILES string of the molecule is CCOC(=O)[C@H]1[C@H]2C(=O)N([C@H](CO)c3ccccc3)C(C(=O)Nc3ccccc3Cl)C23CC(C)[C@]1(C)O3. The summed E-state index contributed by atoms with van der Waals surface area (Å²) < 4.78 is 12.1. The molecule has 3 saturated heterocycles. The highest BCUT2D eigenvalue weighted by Crippen LogP contribution is 2.66. The summed E-state index contributed by atoms with van der Waals surface area (Å²) in [5.41, 5.74) is -1.17. The zero-order chi connectivity index (χ0) is 26.5. The molecular weight excluding hydrogens is 496 g/mol. The van der Waals surface area contributed by atoms with Crippen molar-refractivity contribution in [3.05, 3.63) is 65.2 Å². The number of halogens is 1. The zero-order valence-electron chi connectivity index (χ0n) is 21.0. The van der Waals surface area contributed by atoms with E-state index in [9.17, 15) is 19.5 Å². The highest BCUT2D eigenvalue weighted by molar-refractivity contribution is 6.33. The van der Waals surface area contributed by atoms with Crippen molar-refractivity contribution < 1.29 is 29.0 Å². The summed E-state index contributed by atoms with van der Waals surface area (Å²) in [7, 11) is 0. The summed E-state index contributed by atoms with van der Waals surface area (Å²) in [5, 5.41) is 13.7. The molecule has 3 aliphatic heterocycles. The van der Waals surface area contributed by atoms with Crippen LogP contribution < -0.4 is 5.32 Å². The number of anilines is 1. The van der Waals surface area contributed by atoms with Gasteiger partial charge in [0.2, 0.25) is 11.8 Å². The molecule has 2 N–H and O–H groups in total. The predicted molar refractivity (Wildman–Crippen MR) is 137 cm³/mol. The Kier molecular flexibility index (Phi) is 6.54. The Morgan fingerprint density at radius 1 is 1.22 bits per heavy atom. The van der Waals surface area contributed by atoms with Crippen LogP contribution in [0.2, 0.25) is 5.02 Å². The number of para-hydroxylation sites is 1. The Balaban J connectivity index is 1.64. The first-order valence-electron chi connectivity index (χ1n) is 12.6. The molecule has 37 heavy (non-hydrogen) atoms. The van der Waals surface area contributed by atoms with Gasteiger partial charge in [0.15, 0.2) is 0 Å². The molecule has 0 radical (unpaired) electrons. The van der Waals surface area contributed by atoms with Crippen LogP contribution in [0.3, 0.4) is 0 Å². The molecule has 1 spiro atoms. The Bertz CT molecular complexity index is 1220. The number of hydrogen-bond donors (Lipinski definition) is 2. The van der Waals surface area contributed by atoms with E-state index >= 15 is 0 Å². The molecule has 0 aromatic heterocycles. The number of benzene rings is 2. The Hall–Kier alpha value is -2.94. The smallest absolute Gasteiger partial charge is 0.312 e. The van der Waals surface area contributed by atoms with E-state index in [2.05, 4.69) is 5.32 Å². The van der Waals surface area contributed by atoms with E-state index in [1.165, 1.54) is 4.90 Å².